The summed E-state index contributed by atoms with van der Waals surface area (Å²) in [5.74, 6) is 0.906. The normalized spacial score (nSPS) is 11.5. The van der Waals surface area contributed by atoms with Gasteiger partial charge in [-0.25, -0.2) is 0 Å². The Morgan fingerprint density at radius 3 is 2.63 bits per heavy atom. The number of hydrogen-bond donors (Lipinski definition) is 0. The van der Waals surface area contributed by atoms with Crippen LogP contribution in [-0.4, -0.2) is 20.9 Å². The number of benzene rings is 2. The van der Waals surface area contributed by atoms with Crippen molar-refractivity contribution in [2.45, 2.75) is 0 Å². The molecule has 0 saturated carbocycles. The van der Waals surface area contributed by atoms with Crippen LogP contribution < -0.4 is 0 Å². The monoisotopic (exact) mass is 459 g/mol. The summed E-state index contributed by atoms with van der Waals surface area (Å²) < 4.78 is 13.7. The summed E-state index contributed by atoms with van der Waals surface area (Å²) in [6.07, 6.45) is 5.30. The van der Waals surface area contributed by atoms with Crippen LogP contribution in [0.1, 0.15) is 21.9 Å². The molecule has 3 aromatic heterocycles. The van der Waals surface area contributed by atoms with E-state index in [0.717, 1.165) is 15.4 Å². The quantitative estimate of drug-likeness (QED) is 0.334. The third kappa shape index (κ3) is 3.51. The van der Waals surface area contributed by atoms with Crippen molar-refractivity contribution in [1.29, 1.82) is 0 Å². The van der Waals surface area contributed by atoms with E-state index in [4.69, 9.17) is 8.83 Å². The smallest absolute Gasteiger partial charge is 0.315 e. The van der Waals surface area contributed by atoms with Gasteiger partial charge in [0.25, 0.3) is 0 Å². The zero-order valence-electron chi connectivity index (χ0n) is 15.5. The fourth-order valence-corrected chi connectivity index (χ4v) is 3.34. The molecule has 0 amide bonds. The minimum absolute atomic E-state index is 0.185. The van der Waals surface area contributed by atoms with Gasteiger partial charge in [-0.05, 0) is 48.0 Å². The molecule has 0 saturated heterocycles. The van der Waals surface area contributed by atoms with E-state index in [1.165, 1.54) is 10.9 Å². The van der Waals surface area contributed by atoms with Gasteiger partial charge in [-0.15, -0.1) is 5.10 Å². The van der Waals surface area contributed by atoms with Crippen molar-refractivity contribution in [2.24, 2.45) is 0 Å². The Hall–Kier alpha value is -3.71. The minimum Gasteiger partial charge on any atom is -0.455 e. The molecule has 7 heteroatoms. The Morgan fingerprint density at radius 1 is 0.967 bits per heavy atom. The largest absolute Gasteiger partial charge is 0.455 e. The van der Waals surface area contributed by atoms with Gasteiger partial charge in [0.2, 0.25) is 0 Å². The van der Waals surface area contributed by atoms with E-state index in [0.29, 0.717) is 22.8 Å². The number of hydrogen-bond acceptors (Lipinski definition) is 5. The fourth-order valence-electron chi connectivity index (χ4n) is 3.08. The van der Waals surface area contributed by atoms with Gasteiger partial charge < -0.3 is 8.83 Å². The van der Waals surface area contributed by atoms with Crippen LogP contribution in [0.5, 0.6) is 0 Å². The molecule has 0 unspecified atom stereocenters. The number of rotatable bonds is 4. The molecule has 0 aliphatic carbocycles. The summed E-state index contributed by atoms with van der Waals surface area (Å²) in [4.78, 5) is 12.9. The summed E-state index contributed by atoms with van der Waals surface area (Å²) in [5, 5.41) is 8.65. The van der Waals surface area contributed by atoms with Crippen LogP contribution in [-0.2, 0) is 0 Å². The van der Waals surface area contributed by atoms with E-state index < -0.39 is 5.91 Å². The molecule has 146 valence electrons. The predicted molar refractivity (Wildman–Crippen MR) is 117 cm³/mol. The van der Waals surface area contributed by atoms with E-state index in [1.807, 2.05) is 66.7 Å². The lowest BCUT2D eigenvalue weighted by Gasteiger charge is -2.00. The molecule has 0 aliphatic heterocycles. The van der Waals surface area contributed by atoms with E-state index in [-0.39, 0.29) is 5.76 Å². The summed E-state index contributed by atoms with van der Waals surface area (Å²) >= 11 is 3.42. The van der Waals surface area contributed by atoms with Crippen LogP contribution in [0.4, 0.5) is 0 Å². The van der Waals surface area contributed by atoms with Crippen LogP contribution in [0.15, 0.2) is 86.2 Å². The van der Waals surface area contributed by atoms with Gasteiger partial charge in [-0.3, -0.25) is 4.79 Å². The third-order valence-corrected chi connectivity index (χ3v) is 5.10. The first-order valence-corrected chi connectivity index (χ1v) is 9.94. The van der Waals surface area contributed by atoms with Crippen molar-refractivity contribution in [3.8, 4) is 11.5 Å². The number of carbonyl (C=O) groups is 1. The summed E-state index contributed by atoms with van der Waals surface area (Å²) in [6, 6.07) is 20.7. The molecule has 30 heavy (non-hydrogen) atoms. The SMILES string of the molecule is O=C(c1cc2ccccc2o1)n1nncc1-c1ccc(/C=C/c2ccc(Br)cc2)o1. The number of furan rings is 2. The van der Waals surface area contributed by atoms with Crippen molar-refractivity contribution in [1.82, 2.24) is 15.0 Å². The topological polar surface area (TPSA) is 74.1 Å². The lowest BCUT2D eigenvalue weighted by molar-refractivity contribution is 0.0918. The summed E-state index contributed by atoms with van der Waals surface area (Å²) in [7, 11) is 0. The zero-order chi connectivity index (χ0) is 20.5. The number of nitrogens with zero attached hydrogens (tertiary/aromatic N) is 3. The Balaban J connectivity index is 1.42. The maximum atomic E-state index is 12.9. The average Bonchev–Trinajstić information content (AvgIpc) is 3.51. The fraction of sp³-hybridized carbons (Fsp3) is 0. The molecular weight excluding hydrogens is 446 g/mol. The first-order valence-electron chi connectivity index (χ1n) is 9.15. The van der Waals surface area contributed by atoms with E-state index in [2.05, 4.69) is 26.2 Å². The molecule has 0 N–H and O–H groups in total. The van der Waals surface area contributed by atoms with Crippen molar-refractivity contribution in [2.75, 3.05) is 0 Å². The van der Waals surface area contributed by atoms with Crippen LogP contribution in [0.25, 0.3) is 34.6 Å². The Labute approximate surface area is 179 Å². The zero-order valence-corrected chi connectivity index (χ0v) is 17.1. The number of para-hydroxylation sites is 1. The minimum atomic E-state index is -0.415. The Bertz CT molecular complexity index is 1340. The molecule has 0 radical (unpaired) electrons. The van der Waals surface area contributed by atoms with Gasteiger partial charge in [0.05, 0.1) is 6.20 Å². The number of aromatic nitrogens is 3. The van der Waals surface area contributed by atoms with E-state index in [1.54, 1.807) is 12.1 Å². The van der Waals surface area contributed by atoms with Crippen LogP contribution in [0, 0.1) is 0 Å². The molecule has 0 atom stereocenters. The standard InChI is InChI=1S/C23H14BrN3O3/c24-17-8-5-15(6-9-17)7-10-18-11-12-21(29-18)19-14-25-26-27(19)23(28)22-13-16-3-1-2-4-20(16)30-22/h1-14H/b10-7+. The molecule has 2 aromatic carbocycles. The van der Waals surface area contributed by atoms with Gasteiger partial charge >= 0.3 is 5.91 Å². The molecule has 0 aliphatic rings. The van der Waals surface area contributed by atoms with Crippen LogP contribution in [0.2, 0.25) is 0 Å². The highest BCUT2D eigenvalue weighted by atomic mass is 79.9. The Morgan fingerprint density at radius 2 is 1.80 bits per heavy atom. The highest BCUT2D eigenvalue weighted by molar-refractivity contribution is 9.10. The van der Waals surface area contributed by atoms with E-state index >= 15 is 0 Å². The van der Waals surface area contributed by atoms with Gasteiger partial charge in [0.1, 0.15) is 17.0 Å². The highest BCUT2D eigenvalue weighted by Crippen LogP contribution is 2.25. The molecule has 5 aromatic rings. The second kappa shape index (κ2) is 7.61. The van der Waals surface area contributed by atoms with Crippen molar-refractivity contribution in [3.05, 3.63) is 94.5 Å². The maximum Gasteiger partial charge on any atom is 0.315 e. The third-order valence-electron chi connectivity index (χ3n) is 4.57. The predicted octanol–water partition coefficient (Wildman–Crippen LogP) is 5.91. The lowest BCUT2D eigenvalue weighted by atomic mass is 10.2. The van der Waals surface area contributed by atoms with Gasteiger partial charge in [0.15, 0.2) is 11.5 Å². The number of carbonyl (C=O) groups excluding carboxylic acids is 1. The first-order chi connectivity index (χ1) is 14.7. The summed E-state index contributed by atoms with van der Waals surface area (Å²) in [6.45, 7) is 0. The molecule has 5 rings (SSSR count). The van der Waals surface area contributed by atoms with Crippen molar-refractivity contribution < 1.29 is 13.6 Å². The summed E-state index contributed by atoms with van der Waals surface area (Å²) in [5.41, 5.74) is 2.13. The molecular formula is C23H14BrN3O3. The number of halogens is 1. The van der Waals surface area contributed by atoms with Crippen molar-refractivity contribution >= 4 is 45.0 Å². The van der Waals surface area contributed by atoms with Gasteiger partial charge in [0, 0.05) is 9.86 Å². The Kier molecular flexibility index (Phi) is 4.65. The van der Waals surface area contributed by atoms with E-state index in [9.17, 15) is 4.79 Å². The lowest BCUT2D eigenvalue weighted by Crippen LogP contribution is -2.14. The highest BCUT2D eigenvalue weighted by Gasteiger charge is 2.21. The second-order valence-corrected chi connectivity index (χ2v) is 7.49. The maximum absolute atomic E-state index is 12.9. The first kappa shape index (κ1) is 18.3. The average molecular weight is 460 g/mol. The van der Waals surface area contributed by atoms with Crippen molar-refractivity contribution in [3.63, 3.8) is 0 Å². The van der Waals surface area contributed by atoms with Gasteiger partial charge in [-0.2, -0.15) is 4.68 Å². The number of fused-ring (bicyclic) bond motifs is 1. The molecule has 6 nitrogen and oxygen atoms in total. The molecule has 0 bridgehead atoms. The molecule has 0 fully saturated rings. The van der Waals surface area contributed by atoms with Crippen LogP contribution in [0.3, 0.4) is 0 Å². The molecule has 3 heterocycles. The van der Waals surface area contributed by atoms with Gasteiger partial charge in [-0.1, -0.05) is 57.6 Å². The second-order valence-electron chi connectivity index (χ2n) is 6.57. The molecule has 0 spiro atoms. The van der Waals surface area contributed by atoms with Crippen LogP contribution >= 0.6 is 15.9 Å².